The first-order chi connectivity index (χ1) is 16.3. The maximum absolute atomic E-state index is 12.9. The van der Waals surface area contributed by atoms with Crippen molar-refractivity contribution >= 4 is 35.2 Å². The second-order valence-corrected chi connectivity index (χ2v) is 8.14. The molecule has 8 heteroatoms. The molecule has 7 nitrogen and oxygen atoms in total. The van der Waals surface area contributed by atoms with Crippen molar-refractivity contribution in [3.05, 3.63) is 99.6 Å². The zero-order chi connectivity index (χ0) is 24.4. The van der Waals surface area contributed by atoms with Crippen molar-refractivity contribution in [2.75, 3.05) is 7.11 Å². The number of carbonyl (C=O) groups is 4. The van der Waals surface area contributed by atoms with Crippen LogP contribution < -0.4 is 4.74 Å². The number of amides is 2. The number of ketones is 1. The zero-order valence-electron chi connectivity index (χ0n) is 18.4. The fourth-order valence-electron chi connectivity index (χ4n) is 3.73. The summed E-state index contributed by atoms with van der Waals surface area (Å²) in [6.45, 7) is 1.43. The third-order valence-electron chi connectivity index (χ3n) is 5.46. The van der Waals surface area contributed by atoms with E-state index in [9.17, 15) is 19.2 Å². The Hall–Kier alpha value is -3.97. The summed E-state index contributed by atoms with van der Waals surface area (Å²) >= 11 is 5.94. The van der Waals surface area contributed by atoms with Crippen molar-refractivity contribution in [2.45, 2.75) is 19.6 Å². The molecule has 34 heavy (non-hydrogen) atoms. The Labute approximate surface area is 200 Å². The van der Waals surface area contributed by atoms with Crippen LogP contribution in [0.4, 0.5) is 0 Å². The van der Waals surface area contributed by atoms with E-state index in [0.717, 1.165) is 4.90 Å². The van der Waals surface area contributed by atoms with Gasteiger partial charge in [-0.1, -0.05) is 41.9 Å². The van der Waals surface area contributed by atoms with E-state index < -0.39 is 29.7 Å². The zero-order valence-corrected chi connectivity index (χ0v) is 19.2. The largest absolute Gasteiger partial charge is 0.496 e. The lowest BCUT2D eigenvalue weighted by atomic mass is 10.1. The van der Waals surface area contributed by atoms with E-state index in [1.54, 1.807) is 54.6 Å². The fourth-order valence-corrected chi connectivity index (χ4v) is 3.92. The lowest BCUT2D eigenvalue weighted by molar-refractivity contribution is 0.0315. The summed E-state index contributed by atoms with van der Waals surface area (Å²) in [7, 11) is 1.40. The summed E-state index contributed by atoms with van der Waals surface area (Å²) in [5, 5.41) is 0.395. The van der Waals surface area contributed by atoms with E-state index in [-0.39, 0.29) is 17.9 Å². The van der Waals surface area contributed by atoms with Crippen molar-refractivity contribution in [1.82, 2.24) is 4.90 Å². The molecule has 0 saturated heterocycles. The summed E-state index contributed by atoms with van der Waals surface area (Å²) in [6.07, 6.45) is -1.07. The molecule has 0 aromatic heterocycles. The predicted molar refractivity (Wildman–Crippen MR) is 124 cm³/mol. The van der Waals surface area contributed by atoms with Crippen molar-refractivity contribution in [3.63, 3.8) is 0 Å². The van der Waals surface area contributed by atoms with Crippen LogP contribution in [0.25, 0.3) is 0 Å². The number of imide groups is 1. The van der Waals surface area contributed by atoms with Crippen LogP contribution in [0.1, 0.15) is 53.9 Å². The second-order valence-electron chi connectivity index (χ2n) is 7.70. The van der Waals surface area contributed by atoms with Gasteiger partial charge in [0.05, 0.1) is 24.8 Å². The van der Waals surface area contributed by atoms with Crippen LogP contribution in [0, 0.1) is 0 Å². The first-order valence-electron chi connectivity index (χ1n) is 10.4. The van der Waals surface area contributed by atoms with E-state index in [4.69, 9.17) is 21.1 Å². The topological polar surface area (TPSA) is 90.0 Å². The summed E-state index contributed by atoms with van der Waals surface area (Å²) in [4.78, 5) is 52.0. The molecule has 0 aliphatic carbocycles. The smallest absolute Gasteiger partial charge is 0.342 e. The number of nitrogens with zero attached hydrogens (tertiary/aromatic N) is 1. The molecular formula is C26H20ClNO6. The normalized spacial score (nSPS) is 13.4. The molecule has 0 fully saturated rings. The molecule has 0 bridgehead atoms. The average Bonchev–Trinajstić information content (AvgIpc) is 3.08. The molecule has 3 aromatic carbocycles. The predicted octanol–water partition coefficient (Wildman–Crippen LogP) is 4.57. The summed E-state index contributed by atoms with van der Waals surface area (Å²) < 4.78 is 10.7. The van der Waals surface area contributed by atoms with Crippen LogP contribution in [-0.2, 0) is 11.3 Å². The van der Waals surface area contributed by atoms with Gasteiger partial charge >= 0.3 is 5.97 Å². The number of hydrogen-bond acceptors (Lipinski definition) is 6. The quantitative estimate of drug-likeness (QED) is 0.281. The first-order valence-corrected chi connectivity index (χ1v) is 10.8. The van der Waals surface area contributed by atoms with Crippen molar-refractivity contribution in [3.8, 4) is 5.75 Å². The highest BCUT2D eigenvalue weighted by molar-refractivity contribution is 6.31. The minimum Gasteiger partial charge on any atom is -0.496 e. The highest BCUT2D eigenvalue weighted by Gasteiger charge is 2.35. The van der Waals surface area contributed by atoms with Gasteiger partial charge in [0.2, 0.25) is 5.78 Å². The number of methoxy groups -OCH3 is 1. The maximum Gasteiger partial charge on any atom is 0.342 e. The minimum atomic E-state index is -1.07. The van der Waals surface area contributed by atoms with Gasteiger partial charge < -0.3 is 9.47 Å². The highest BCUT2D eigenvalue weighted by atomic mass is 35.5. The van der Waals surface area contributed by atoms with Crippen molar-refractivity contribution < 1.29 is 28.7 Å². The molecule has 2 amide bonds. The molecule has 0 saturated carbocycles. The number of carbonyl (C=O) groups excluding carboxylic acids is 4. The summed E-state index contributed by atoms with van der Waals surface area (Å²) in [5.41, 5.74) is 1.60. The van der Waals surface area contributed by atoms with Crippen LogP contribution in [0.2, 0.25) is 5.02 Å². The van der Waals surface area contributed by atoms with Gasteiger partial charge in [-0.2, -0.15) is 0 Å². The average molecular weight is 478 g/mol. The number of esters is 1. The van der Waals surface area contributed by atoms with Crippen LogP contribution >= 0.6 is 11.6 Å². The Morgan fingerprint density at radius 3 is 2.24 bits per heavy atom. The Bertz CT molecular complexity index is 1280. The molecule has 3 aromatic rings. The number of ether oxygens (including phenoxy) is 2. The lowest BCUT2D eigenvalue weighted by Crippen LogP contribution is -2.29. The van der Waals surface area contributed by atoms with E-state index in [0.29, 0.717) is 27.3 Å². The van der Waals surface area contributed by atoms with Gasteiger partial charge in [-0.05, 0) is 48.9 Å². The molecule has 0 N–H and O–H groups in total. The van der Waals surface area contributed by atoms with Gasteiger partial charge in [-0.25, -0.2) is 4.79 Å². The Kier molecular flexibility index (Phi) is 6.47. The van der Waals surface area contributed by atoms with Crippen molar-refractivity contribution in [1.29, 1.82) is 0 Å². The molecule has 1 unspecified atom stereocenters. The van der Waals surface area contributed by atoms with Crippen LogP contribution in [0.3, 0.4) is 0 Å². The first kappa shape index (κ1) is 23.2. The van der Waals surface area contributed by atoms with Gasteiger partial charge in [0.15, 0.2) is 6.10 Å². The number of hydrogen-bond donors (Lipinski definition) is 0. The number of fused-ring (bicyclic) bond motifs is 1. The number of Topliss-reactive ketones (excluding diaryl/α,β-unsaturated/α-hetero) is 1. The van der Waals surface area contributed by atoms with E-state index >= 15 is 0 Å². The molecule has 1 heterocycles. The second kappa shape index (κ2) is 9.49. The molecular weight excluding hydrogens is 458 g/mol. The van der Waals surface area contributed by atoms with Crippen LogP contribution in [-0.4, -0.2) is 41.7 Å². The molecule has 1 aliphatic heterocycles. The minimum absolute atomic E-state index is 0.0341. The molecule has 1 atom stereocenters. The van der Waals surface area contributed by atoms with Gasteiger partial charge in [-0.3, -0.25) is 19.3 Å². The Balaban J connectivity index is 1.53. The standard InChI is InChI=1S/C26H20ClNO6/c1-15(23(29)17-6-5-7-18(27)13-17)34-26(32)21-12-16(10-11-22(21)33-2)14-28-24(30)19-8-3-4-9-20(19)25(28)31/h3-13,15H,14H2,1-2H3. The van der Waals surface area contributed by atoms with Crippen LogP contribution in [0.15, 0.2) is 66.7 Å². The number of halogens is 1. The van der Waals surface area contributed by atoms with E-state index in [1.807, 2.05) is 0 Å². The van der Waals surface area contributed by atoms with Crippen molar-refractivity contribution in [2.24, 2.45) is 0 Å². The van der Waals surface area contributed by atoms with Gasteiger partial charge in [0.1, 0.15) is 11.3 Å². The van der Waals surface area contributed by atoms with Crippen LogP contribution in [0.5, 0.6) is 5.75 Å². The maximum atomic E-state index is 12.9. The van der Waals surface area contributed by atoms with E-state index in [1.165, 1.54) is 26.2 Å². The number of benzene rings is 3. The summed E-state index contributed by atoms with van der Waals surface area (Å²) in [6, 6.07) is 17.6. The highest BCUT2D eigenvalue weighted by Crippen LogP contribution is 2.27. The van der Waals surface area contributed by atoms with E-state index in [2.05, 4.69) is 0 Å². The van der Waals surface area contributed by atoms with Gasteiger partial charge in [-0.15, -0.1) is 0 Å². The molecule has 4 rings (SSSR count). The monoisotopic (exact) mass is 477 g/mol. The van der Waals surface area contributed by atoms with Gasteiger partial charge in [0.25, 0.3) is 11.8 Å². The Morgan fingerprint density at radius 2 is 1.62 bits per heavy atom. The summed E-state index contributed by atoms with van der Waals surface area (Å²) in [5.74, 6) is -1.75. The fraction of sp³-hybridized carbons (Fsp3) is 0.154. The number of rotatable bonds is 7. The molecule has 172 valence electrons. The molecule has 0 radical (unpaired) electrons. The van der Waals surface area contributed by atoms with Gasteiger partial charge in [0, 0.05) is 10.6 Å². The molecule has 0 spiro atoms. The third kappa shape index (κ3) is 4.43. The molecule has 1 aliphatic rings. The Morgan fingerprint density at radius 1 is 0.941 bits per heavy atom. The third-order valence-corrected chi connectivity index (χ3v) is 5.70. The lowest BCUT2D eigenvalue weighted by Gasteiger charge is -2.17. The SMILES string of the molecule is COc1ccc(CN2C(=O)c3ccccc3C2=O)cc1C(=O)OC(C)C(=O)c1cccc(Cl)c1.